The molecule has 0 aliphatic rings. The molecule has 0 atom stereocenters. The minimum Gasteiger partial charge on any atom is -0.489 e. The van der Waals surface area contributed by atoms with Crippen LogP contribution in [0.3, 0.4) is 0 Å². The second-order valence-corrected chi connectivity index (χ2v) is 5.55. The number of pyridine rings is 1. The number of rotatable bonds is 5. The van der Waals surface area contributed by atoms with E-state index in [1.165, 1.54) is 0 Å². The summed E-state index contributed by atoms with van der Waals surface area (Å²) in [7, 11) is 0. The summed E-state index contributed by atoms with van der Waals surface area (Å²) in [5.74, 6) is 0.412. The molecule has 4 heteroatoms. The van der Waals surface area contributed by atoms with Gasteiger partial charge < -0.3 is 10.5 Å². The third kappa shape index (κ3) is 3.60. The summed E-state index contributed by atoms with van der Waals surface area (Å²) in [5.41, 5.74) is 9.53. The van der Waals surface area contributed by atoms with Gasteiger partial charge in [0.25, 0.3) is 0 Å². The van der Waals surface area contributed by atoms with E-state index in [4.69, 9.17) is 10.5 Å². The van der Waals surface area contributed by atoms with E-state index in [1.54, 1.807) is 12.3 Å². The van der Waals surface area contributed by atoms with Crippen LogP contribution in [0.2, 0.25) is 0 Å². The van der Waals surface area contributed by atoms with Crippen molar-refractivity contribution in [2.24, 2.45) is 5.73 Å². The molecule has 0 aliphatic carbocycles. The molecule has 1 aromatic heterocycles. The first-order valence-electron chi connectivity index (χ1n) is 7.67. The maximum Gasteiger partial charge on any atom is 0.248 e. The molecule has 3 rings (SSSR count). The first kappa shape index (κ1) is 15.7. The molecule has 0 unspecified atom stereocenters. The van der Waals surface area contributed by atoms with E-state index in [0.717, 1.165) is 28.1 Å². The number of carbonyl (C=O) groups excluding carboxylic acids is 1. The van der Waals surface area contributed by atoms with Crippen LogP contribution in [0.5, 0.6) is 5.75 Å². The van der Waals surface area contributed by atoms with E-state index in [-0.39, 0.29) is 0 Å². The molecule has 1 heterocycles. The highest BCUT2D eigenvalue weighted by Crippen LogP contribution is 2.22. The molecule has 0 fully saturated rings. The fourth-order valence-corrected chi connectivity index (χ4v) is 2.50. The van der Waals surface area contributed by atoms with E-state index < -0.39 is 5.91 Å². The van der Waals surface area contributed by atoms with Crippen LogP contribution in [0.25, 0.3) is 11.3 Å². The molecule has 2 N–H and O–H groups in total. The number of carbonyl (C=O) groups is 1. The van der Waals surface area contributed by atoms with Crippen LogP contribution in [-0.2, 0) is 6.61 Å². The number of para-hydroxylation sites is 1. The maximum absolute atomic E-state index is 11.3. The van der Waals surface area contributed by atoms with Gasteiger partial charge in [0.15, 0.2) is 0 Å². The molecule has 24 heavy (non-hydrogen) atoms. The van der Waals surface area contributed by atoms with E-state index in [0.29, 0.717) is 12.2 Å². The molecular formula is C20H18N2O2. The number of aromatic nitrogens is 1. The number of benzene rings is 2. The van der Waals surface area contributed by atoms with Gasteiger partial charge in [-0.25, -0.2) is 0 Å². The van der Waals surface area contributed by atoms with Crippen molar-refractivity contribution >= 4 is 5.91 Å². The number of ether oxygens (including phenoxy) is 1. The number of hydrogen-bond donors (Lipinski definition) is 1. The minimum absolute atomic E-state index is 0.419. The summed E-state index contributed by atoms with van der Waals surface area (Å²) in [6.07, 6.45) is 1.76. The molecule has 1 amide bonds. The molecule has 2 aromatic carbocycles. The first-order chi connectivity index (χ1) is 11.6. The Balaban J connectivity index is 1.80. The predicted octanol–water partition coefficient (Wildman–Crippen LogP) is 3.73. The summed E-state index contributed by atoms with van der Waals surface area (Å²) in [6, 6.07) is 19.1. The van der Waals surface area contributed by atoms with Crippen LogP contribution >= 0.6 is 0 Å². The maximum atomic E-state index is 11.3. The van der Waals surface area contributed by atoms with Crippen LogP contribution in [-0.4, -0.2) is 10.9 Å². The number of aryl methyl sites for hydroxylation is 1. The third-order valence-corrected chi connectivity index (χ3v) is 3.76. The zero-order chi connectivity index (χ0) is 16.9. The van der Waals surface area contributed by atoms with Gasteiger partial charge in [0.1, 0.15) is 12.4 Å². The molecule has 4 nitrogen and oxygen atoms in total. The zero-order valence-corrected chi connectivity index (χ0v) is 13.4. The van der Waals surface area contributed by atoms with Gasteiger partial charge >= 0.3 is 0 Å². The zero-order valence-electron chi connectivity index (χ0n) is 13.4. The fraction of sp³-hybridized carbons (Fsp3) is 0.100. The van der Waals surface area contributed by atoms with Crippen molar-refractivity contribution in [3.63, 3.8) is 0 Å². The van der Waals surface area contributed by atoms with Crippen molar-refractivity contribution in [1.82, 2.24) is 4.98 Å². The van der Waals surface area contributed by atoms with E-state index in [1.807, 2.05) is 61.5 Å². The van der Waals surface area contributed by atoms with Crippen LogP contribution in [0.15, 0.2) is 66.9 Å². The smallest absolute Gasteiger partial charge is 0.248 e. The molecule has 120 valence electrons. The lowest BCUT2D eigenvalue weighted by atomic mass is 10.0. The fourth-order valence-electron chi connectivity index (χ4n) is 2.50. The highest BCUT2D eigenvalue weighted by atomic mass is 16.5. The quantitative estimate of drug-likeness (QED) is 0.779. The highest BCUT2D eigenvalue weighted by Gasteiger charge is 2.08. The van der Waals surface area contributed by atoms with E-state index in [2.05, 4.69) is 4.98 Å². The Kier molecular flexibility index (Phi) is 4.57. The lowest BCUT2D eigenvalue weighted by Crippen LogP contribution is -2.12. The van der Waals surface area contributed by atoms with Crippen LogP contribution in [0.1, 0.15) is 21.5 Å². The molecule has 0 saturated heterocycles. The van der Waals surface area contributed by atoms with Crippen LogP contribution in [0, 0.1) is 6.92 Å². The molecular weight excluding hydrogens is 300 g/mol. The van der Waals surface area contributed by atoms with Gasteiger partial charge in [0.2, 0.25) is 5.91 Å². The lowest BCUT2D eigenvalue weighted by Gasteiger charge is -2.09. The van der Waals surface area contributed by atoms with Gasteiger partial charge in [0, 0.05) is 17.3 Å². The Labute approximate surface area is 140 Å². The molecule has 3 aromatic rings. The van der Waals surface area contributed by atoms with Gasteiger partial charge in [-0.3, -0.25) is 9.78 Å². The second kappa shape index (κ2) is 6.96. The number of primary amides is 1. The average Bonchev–Trinajstić information content (AvgIpc) is 2.61. The van der Waals surface area contributed by atoms with Gasteiger partial charge in [-0.2, -0.15) is 0 Å². The van der Waals surface area contributed by atoms with Crippen molar-refractivity contribution in [3.05, 3.63) is 83.6 Å². The minimum atomic E-state index is -0.419. The normalized spacial score (nSPS) is 10.4. The van der Waals surface area contributed by atoms with Crippen LogP contribution in [0.4, 0.5) is 0 Å². The summed E-state index contributed by atoms with van der Waals surface area (Å²) in [5, 5.41) is 0. The summed E-state index contributed by atoms with van der Waals surface area (Å²) in [4.78, 5) is 15.7. The number of nitrogens with two attached hydrogens (primary N) is 1. The standard InChI is InChI=1S/C20H18N2O2/c1-14-11-16(7-8-18(14)20(21)23)19-12-15(9-10-22-19)13-24-17-5-3-2-4-6-17/h2-12H,13H2,1H3,(H2,21,23). The van der Waals surface area contributed by atoms with Gasteiger partial charge in [-0.1, -0.05) is 24.3 Å². The lowest BCUT2D eigenvalue weighted by molar-refractivity contribution is 0.0999. The Hall–Kier alpha value is -3.14. The Morgan fingerprint density at radius 2 is 1.88 bits per heavy atom. The summed E-state index contributed by atoms with van der Waals surface area (Å²) < 4.78 is 5.77. The predicted molar refractivity (Wildman–Crippen MR) is 93.7 cm³/mol. The Morgan fingerprint density at radius 1 is 1.08 bits per heavy atom. The van der Waals surface area contributed by atoms with Crippen LogP contribution < -0.4 is 10.5 Å². The third-order valence-electron chi connectivity index (χ3n) is 3.76. The Morgan fingerprint density at radius 3 is 2.58 bits per heavy atom. The topological polar surface area (TPSA) is 65.2 Å². The van der Waals surface area contributed by atoms with E-state index in [9.17, 15) is 4.79 Å². The van der Waals surface area contributed by atoms with Crippen molar-refractivity contribution in [2.45, 2.75) is 13.5 Å². The van der Waals surface area contributed by atoms with Crippen molar-refractivity contribution in [2.75, 3.05) is 0 Å². The number of amides is 1. The summed E-state index contributed by atoms with van der Waals surface area (Å²) in [6.45, 7) is 2.34. The molecule has 0 saturated carbocycles. The average molecular weight is 318 g/mol. The number of nitrogens with zero attached hydrogens (tertiary/aromatic N) is 1. The Bertz CT molecular complexity index is 861. The van der Waals surface area contributed by atoms with Gasteiger partial charge in [-0.05, 0) is 54.4 Å². The largest absolute Gasteiger partial charge is 0.489 e. The molecule has 0 bridgehead atoms. The second-order valence-electron chi connectivity index (χ2n) is 5.55. The van der Waals surface area contributed by atoms with Gasteiger partial charge in [0.05, 0.1) is 5.69 Å². The monoisotopic (exact) mass is 318 g/mol. The highest BCUT2D eigenvalue weighted by molar-refractivity contribution is 5.94. The summed E-state index contributed by atoms with van der Waals surface area (Å²) >= 11 is 0. The SMILES string of the molecule is Cc1cc(-c2cc(COc3ccccc3)ccn2)ccc1C(N)=O. The van der Waals surface area contributed by atoms with Crippen molar-refractivity contribution in [1.29, 1.82) is 0 Å². The van der Waals surface area contributed by atoms with E-state index >= 15 is 0 Å². The van der Waals surface area contributed by atoms with Crippen molar-refractivity contribution < 1.29 is 9.53 Å². The molecule has 0 spiro atoms. The molecule has 0 radical (unpaired) electrons. The van der Waals surface area contributed by atoms with Crippen molar-refractivity contribution in [3.8, 4) is 17.0 Å². The molecule has 0 aliphatic heterocycles. The number of hydrogen-bond acceptors (Lipinski definition) is 3. The first-order valence-corrected chi connectivity index (χ1v) is 7.67. The van der Waals surface area contributed by atoms with Gasteiger partial charge in [-0.15, -0.1) is 0 Å².